The minimum absolute atomic E-state index is 0.324. The van der Waals surface area contributed by atoms with Crippen molar-refractivity contribution >= 4 is 23.3 Å². The van der Waals surface area contributed by atoms with Gasteiger partial charge in [-0.1, -0.05) is 0 Å². The van der Waals surface area contributed by atoms with E-state index in [9.17, 15) is 9.59 Å². The van der Waals surface area contributed by atoms with Gasteiger partial charge in [0.05, 0.1) is 19.3 Å². The summed E-state index contributed by atoms with van der Waals surface area (Å²) in [5, 5.41) is 2.70. The maximum Gasteiger partial charge on any atom is 0.338 e. The van der Waals surface area contributed by atoms with E-state index in [-0.39, 0.29) is 6.61 Å². The fourth-order valence-electron chi connectivity index (χ4n) is 2.48. The Kier molecular flexibility index (Phi) is 7.83. The van der Waals surface area contributed by atoms with E-state index in [2.05, 4.69) is 5.32 Å². The number of rotatable bonds is 9. The van der Waals surface area contributed by atoms with Crippen molar-refractivity contribution in [2.45, 2.75) is 13.5 Å². The number of esters is 1. The number of nitrogens with zero attached hydrogens (tertiary/aromatic N) is 1. The molecule has 0 aliphatic carbocycles. The monoisotopic (exact) mass is 386 g/mol. The Balaban J connectivity index is 1.92. The summed E-state index contributed by atoms with van der Waals surface area (Å²) in [4.78, 5) is 26.3. The third-order valence-electron chi connectivity index (χ3n) is 3.98. The Hall–Kier alpha value is -3.06. The van der Waals surface area contributed by atoms with Crippen molar-refractivity contribution < 1.29 is 23.8 Å². The SMILES string of the molecule is CCOCc1cc(C(=O)OCC(=O)Nc2ccc(N(C)C)cc2)ccc1OC. The molecule has 0 saturated carbocycles. The molecule has 2 aromatic carbocycles. The van der Waals surface area contributed by atoms with Crippen molar-refractivity contribution in [1.29, 1.82) is 0 Å². The molecule has 0 aliphatic heterocycles. The summed E-state index contributed by atoms with van der Waals surface area (Å²) in [7, 11) is 5.43. The van der Waals surface area contributed by atoms with Gasteiger partial charge in [-0.2, -0.15) is 0 Å². The van der Waals surface area contributed by atoms with Gasteiger partial charge in [0.2, 0.25) is 0 Å². The van der Waals surface area contributed by atoms with Crippen LogP contribution in [0.1, 0.15) is 22.8 Å². The zero-order valence-electron chi connectivity index (χ0n) is 16.7. The van der Waals surface area contributed by atoms with Crippen LogP contribution >= 0.6 is 0 Å². The van der Waals surface area contributed by atoms with Gasteiger partial charge in [0, 0.05) is 37.6 Å². The van der Waals surface area contributed by atoms with Crippen LogP contribution in [-0.4, -0.2) is 46.3 Å². The lowest BCUT2D eigenvalue weighted by Gasteiger charge is -2.13. The summed E-state index contributed by atoms with van der Waals surface area (Å²) >= 11 is 0. The number of nitrogens with one attached hydrogen (secondary N) is 1. The number of hydrogen-bond acceptors (Lipinski definition) is 6. The van der Waals surface area contributed by atoms with Crippen LogP contribution < -0.4 is 15.0 Å². The van der Waals surface area contributed by atoms with Gasteiger partial charge in [0.25, 0.3) is 5.91 Å². The molecule has 0 fully saturated rings. The Labute approximate surface area is 165 Å². The molecule has 0 unspecified atom stereocenters. The highest BCUT2D eigenvalue weighted by atomic mass is 16.5. The van der Waals surface area contributed by atoms with Crippen molar-refractivity contribution in [1.82, 2.24) is 0 Å². The average Bonchev–Trinajstić information content (AvgIpc) is 2.70. The van der Waals surface area contributed by atoms with Gasteiger partial charge in [-0.15, -0.1) is 0 Å². The second kappa shape index (κ2) is 10.3. The van der Waals surface area contributed by atoms with Crippen molar-refractivity contribution in [2.24, 2.45) is 0 Å². The number of amides is 1. The molecule has 7 nitrogen and oxygen atoms in total. The molecule has 0 saturated heterocycles. The van der Waals surface area contributed by atoms with Crippen LogP contribution in [0.3, 0.4) is 0 Å². The summed E-state index contributed by atoms with van der Waals surface area (Å²) in [5.41, 5.74) is 2.73. The molecule has 0 spiro atoms. The second-order valence-electron chi connectivity index (χ2n) is 6.23. The van der Waals surface area contributed by atoms with Crippen LogP contribution in [0.2, 0.25) is 0 Å². The molecular weight excluding hydrogens is 360 g/mol. The zero-order valence-corrected chi connectivity index (χ0v) is 16.7. The van der Waals surface area contributed by atoms with E-state index in [1.165, 1.54) is 0 Å². The van der Waals surface area contributed by atoms with Crippen molar-refractivity contribution in [3.63, 3.8) is 0 Å². The lowest BCUT2D eigenvalue weighted by molar-refractivity contribution is -0.119. The van der Waals surface area contributed by atoms with Crippen LogP contribution in [0, 0.1) is 0 Å². The topological polar surface area (TPSA) is 77.1 Å². The molecule has 2 aromatic rings. The van der Waals surface area contributed by atoms with Crippen LogP contribution in [0.4, 0.5) is 11.4 Å². The molecule has 28 heavy (non-hydrogen) atoms. The molecule has 2 rings (SSSR count). The van der Waals surface area contributed by atoms with Gasteiger partial charge in [-0.05, 0) is 49.4 Å². The summed E-state index contributed by atoms with van der Waals surface area (Å²) in [6.07, 6.45) is 0. The van der Waals surface area contributed by atoms with E-state index in [0.717, 1.165) is 11.3 Å². The summed E-state index contributed by atoms with van der Waals surface area (Å²) in [5.74, 6) is -0.364. The van der Waals surface area contributed by atoms with Crippen molar-refractivity contribution in [2.75, 3.05) is 44.6 Å². The maximum absolute atomic E-state index is 12.3. The molecule has 1 N–H and O–H groups in total. The molecule has 1 amide bonds. The zero-order chi connectivity index (χ0) is 20.5. The Morgan fingerprint density at radius 3 is 2.39 bits per heavy atom. The fourth-order valence-corrected chi connectivity index (χ4v) is 2.48. The molecule has 0 bridgehead atoms. The third-order valence-corrected chi connectivity index (χ3v) is 3.98. The van der Waals surface area contributed by atoms with Crippen molar-refractivity contribution in [3.8, 4) is 5.75 Å². The van der Waals surface area contributed by atoms with Crippen LogP contribution in [0.5, 0.6) is 5.75 Å². The second-order valence-corrected chi connectivity index (χ2v) is 6.23. The summed E-state index contributed by atoms with van der Waals surface area (Å²) < 4.78 is 15.8. The number of methoxy groups -OCH3 is 1. The van der Waals surface area contributed by atoms with Gasteiger partial charge in [-0.3, -0.25) is 4.79 Å². The minimum Gasteiger partial charge on any atom is -0.496 e. The first kappa shape index (κ1) is 21.2. The quantitative estimate of drug-likeness (QED) is 0.668. The smallest absolute Gasteiger partial charge is 0.338 e. The van der Waals surface area contributed by atoms with Gasteiger partial charge in [-0.25, -0.2) is 4.79 Å². The van der Waals surface area contributed by atoms with Gasteiger partial charge < -0.3 is 24.4 Å². The number of carbonyl (C=O) groups is 2. The number of benzene rings is 2. The molecular formula is C21H26N2O5. The van der Waals surface area contributed by atoms with Crippen LogP contribution in [0.15, 0.2) is 42.5 Å². The van der Waals surface area contributed by atoms with Crippen LogP contribution in [-0.2, 0) is 20.9 Å². The molecule has 150 valence electrons. The largest absolute Gasteiger partial charge is 0.496 e. The van der Waals surface area contributed by atoms with E-state index in [1.54, 1.807) is 37.4 Å². The molecule has 0 atom stereocenters. The standard InChI is InChI=1S/C21H26N2O5/c1-5-27-13-16-12-15(6-11-19(16)26-4)21(25)28-14-20(24)22-17-7-9-18(10-8-17)23(2)3/h6-12H,5,13-14H2,1-4H3,(H,22,24). The van der Waals surface area contributed by atoms with Gasteiger partial charge in [0.15, 0.2) is 6.61 Å². The third kappa shape index (κ3) is 5.99. The predicted octanol–water partition coefficient (Wildman–Crippen LogP) is 3.09. The fraction of sp³-hybridized carbons (Fsp3) is 0.333. The summed E-state index contributed by atoms with van der Waals surface area (Å²) in [6.45, 7) is 2.39. The number of ether oxygens (including phenoxy) is 3. The highest BCUT2D eigenvalue weighted by Gasteiger charge is 2.13. The Morgan fingerprint density at radius 2 is 1.79 bits per heavy atom. The normalized spacial score (nSPS) is 10.3. The highest BCUT2D eigenvalue weighted by molar-refractivity contribution is 5.95. The molecule has 0 aliphatic rings. The first-order valence-electron chi connectivity index (χ1n) is 8.93. The van der Waals surface area contributed by atoms with Gasteiger partial charge in [0.1, 0.15) is 5.75 Å². The van der Waals surface area contributed by atoms with E-state index in [0.29, 0.717) is 30.2 Å². The number of carbonyl (C=O) groups excluding carboxylic acids is 2. The first-order valence-corrected chi connectivity index (χ1v) is 8.93. The first-order chi connectivity index (χ1) is 13.4. The average molecular weight is 386 g/mol. The lowest BCUT2D eigenvalue weighted by Crippen LogP contribution is -2.21. The summed E-state index contributed by atoms with van der Waals surface area (Å²) in [6, 6.07) is 12.3. The molecule has 0 heterocycles. The van der Waals surface area contributed by atoms with Crippen LogP contribution in [0.25, 0.3) is 0 Å². The van der Waals surface area contributed by atoms with E-state index < -0.39 is 11.9 Å². The predicted molar refractivity (Wildman–Crippen MR) is 108 cm³/mol. The van der Waals surface area contributed by atoms with E-state index in [1.807, 2.05) is 38.1 Å². The Bertz CT molecular complexity index is 803. The molecule has 0 radical (unpaired) electrons. The highest BCUT2D eigenvalue weighted by Crippen LogP contribution is 2.21. The maximum atomic E-state index is 12.3. The van der Waals surface area contributed by atoms with Gasteiger partial charge >= 0.3 is 5.97 Å². The molecule has 7 heteroatoms. The minimum atomic E-state index is -0.585. The Morgan fingerprint density at radius 1 is 1.07 bits per heavy atom. The van der Waals surface area contributed by atoms with E-state index in [4.69, 9.17) is 14.2 Å². The van der Waals surface area contributed by atoms with E-state index >= 15 is 0 Å². The van der Waals surface area contributed by atoms with Crippen molar-refractivity contribution in [3.05, 3.63) is 53.6 Å². The number of hydrogen-bond donors (Lipinski definition) is 1. The lowest BCUT2D eigenvalue weighted by atomic mass is 10.1. The number of anilines is 2. The molecule has 0 aromatic heterocycles.